The molecule has 1 aromatic carbocycles. The van der Waals surface area contributed by atoms with Gasteiger partial charge in [-0.05, 0) is 19.1 Å². The van der Waals surface area contributed by atoms with Crippen LogP contribution >= 0.6 is 0 Å². The lowest BCUT2D eigenvalue weighted by molar-refractivity contribution is -0.142. The highest BCUT2D eigenvalue weighted by Gasteiger charge is 2.49. The Balaban J connectivity index is 2.03. The number of para-hydroxylation sites is 1. The number of hydrogen-bond acceptors (Lipinski definition) is 6. The van der Waals surface area contributed by atoms with Gasteiger partial charge >= 0.3 is 5.97 Å². The molecule has 1 aromatic heterocycles. The molecule has 1 unspecified atom stereocenters. The summed E-state index contributed by atoms with van der Waals surface area (Å²) in [5.41, 5.74) is 5.68. The van der Waals surface area contributed by atoms with E-state index in [1.54, 1.807) is 13.1 Å². The molecular weight excluding hydrogens is 284 g/mol. The molecule has 2 N–H and O–H groups in total. The molecule has 0 bridgehead atoms. The van der Waals surface area contributed by atoms with Crippen LogP contribution in [0.25, 0.3) is 10.9 Å². The molecule has 0 radical (unpaired) electrons. The summed E-state index contributed by atoms with van der Waals surface area (Å²) in [6.45, 7) is 2.77. The third-order valence-electron chi connectivity index (χ3n) is 3.56. The predicted molar refractivity (Wildman–Crippen MR) is 78.2 cm³/mol. The maximum Gasteiger partial charge on any atom is 0.308 e. The molecule has 0 fully saturated rings. The van der Waals surface area contributed by atoms with E-state index in [1.165, 1.54) is 6.92 Å². The number of ether oxygens (including phenoxy) is 2. The van der Waals surface area contributed by atoms with Crippen LogP contribution in [0, 0.1) is 0 Å². The van der Waals surface area contributed by atoms with Gasteiger partial charge in [0.1, 0.15) is 0 Å². The van der Waals surface area contributed by atoms with E-state index in [9.17, 15) is 9.59 Å². The Morgan fingerprint density at radius 3 is 2.82 bits per heavy atom. The normalized spacial score (nSPS) is 21.1. The third-order valence-corrected chi connectivity index (χ3v) is 3.56. The van der Waals surface area contributed by atoms with E-state index in [1.807, 2.05) is 30.3 Å². The molecule has 0 amide bonds. The van der Waals surface area contributed by atoms with Crippen LogP contribution in [-0.4, -0.2) is 16.7 Å². The number of ketones is 1. The number of Topliss-reactive ketones (excluding diaryl/α,β-unsaturated/α-hetero) is 1. The molecule has 22 heavy (non-hydrogen) atoms. The topological polar surface area (TPSA) is 91.5 Å². The first-order valence-electron chi connectivity index (χ1n) is 6.69. The van der Waals surface area contributed by atoms with Crippen LogP contribution in [0.5, 0.6) is 0 Å². The van der Waals surface area contributed by atoms with Gasteiger partial charge < -0.3 is 15.2 Å². The molecular formula is C16H14N2O4. The molecule has 3 rings (SSSR count). The number of aromatic nitrogens is 1. The van der Waals surface area contributed by atoms with Crippen LogP contribution in [0.1, 0.15) is 19.4 Å². The van der Waals surface area contributed by atoms with E-state index in [0.717, 1.165) is 10.9 Å². The Morgan fingerprint density at radius 1 is 1.36 bits per heavy atom. The largest absolute Gasteiger partial charge is 0.457 e. The van der Waals surface area contributed by atoms with Gasteiger partial charge in [0.2, 0.25) is 17.2 Å². The van der Waals surface area contributed by atoms with Crippen molar-refractivity contribution in [3.05, 3.63) is 53.7 Å². The number of pyridine rings is 1. The number of nitrogens with two attached hydrogens (primary N) is 1. The van der Waals surface area contributed by atoms with E-state index in [2.05, 4.69) is 4.98 Å². The van der Waals surface area contributed by atoms with Crippen LogP contribution in [0.3, 0.4) is 0 Å². The summed E-state index contributed by atoms with van der Waals surface area (Å²) in [5, 5.41) is 0.872. The van der Waals surface area contributed by atoms with E-state index < -0.39 is 17.4 Å². The van der Waals surface area contributed by atoms with Crippen molar-refractivity contribution >= 4 is 22.7 Å². The summed E-state index contributed by atoms with van der Waals surface area (Å²) in [6.07, 6.45) is 1.56. The summed E-state index contributed by atoms with van der Waals surface area (Å²) in [5.74, 6) is -1.59. The van der Waals surface area contributed by atoms with Crippen molar-refractivity contribution in [1.29, 1.82) is 0 Å². The molecule has 0 saturated heterocycles. The monoisotopic (exact) mass is 298 g/mol. The number of carbonyl (C=O) groups excluding carboxylic acids is 2. The van der Waals surface area contributed by atoms with Gasteiger partial charge in [0.25, 0.3) is 5.78 Å². The van der Waals surface area contributed by atoms with E-state index in [0.29, 0.717) is 5.56 Å². The van der Waals surface area contributed by atoms with Gasteiger partial charge in [0, 0.05) is 24.1 Å². The van der Waals surface area contributed by atoms with Crippen molar-refractivity contribution in [3.8, 4) is 0 Å². The minimum absolute atomic E-state index is 0.198. The second-order valence-corrected chi connectivity index (χ2v) is 5.17. The van der Waals surface area contributed by atoms with Crippen molar-refractivity contribution in [2.45, 2.75) is 19.4 Å². The second-order valence-electron chi connectivity index (χ2n) is 5.17. The highest BCUT2D eigenvalue weighted by Crippen LogP contribution is 2.38. The quantitative estimate of drug-likeness (QED) is 0.849. The molecule has 6 nitrogen and oxygen atoms in total. The average Bonchev–Trinajstić information content (AvgIpc) is 2.71. The first kappa shape index (κ1) is 14.1. The number of esters is 1. The van der Waals surface area contributed by atoms with E-state index in [4.69, 9.17) is 15.2 Å². The van der Waals surface area contributed by atoms with Crippen LogP contribution in [0.2, 0.25) is 0 Å². The van der Waals surface area contributed by atoms with Gasteiger partial charge in [-0.1, -0.05) is 18.2 Å². The van der Waals surface area contributed by atoms with Crippen molar-refractivity contribution in [2.24, 2.45) is 5.73 Å². The number of nitrogens with zero attached hydrogens (tertiary/aromatic N) is 1. The smallest absolute Gasteiger partial charge is 0.308 e. The Bertz CT molecular complexity index is 828. The average molecular weight is 298 g/mol. The summed E-state index contributed by atoms with van der Waals surface area (Å²) < 4.78 is 10.4. The molecule has 6 heteroatoms. The molecule has 2 heterocycles. The molecule has 0 saturated carbocycles. The van der Waals surface area contributed by atoms with Gasteiger partial charge in [-0.25, -0.2) is 0 Å². The number of hydrogen-bond donors (Lipinski definition) is 1. The zero-order valence-electron chi connectivity index (χ0n) is 12.1. The van der Waals surface area contributed by atoms with Gasteiger partial charge in [0.15, 0.2) is 0 Å². The fraction of sp³-hybridized carbons (Fsp3) is 0.188. The maximum atomic E-state index is 12.5. The Labute approximate surface area is 126 Å². The van der Waals surface area contributed by atoms with Crippen molar-refractivity contribution in [1.82, 2.24) is 4.98 Å². The zero-order valence-corrected chi connectivity index (χ0v) is 12.1. The second kappa shape index (κ2) is 4.84. The van der Waals surface area contributed by atoms with Gasteiger partial charge in [-0.3, -0.25) is 14.6 Å². The summed E-state index contributed by atoms with van der Waals surface area (Å²) in [4.78, 5) is 27.9. The number of carbonyl (C=O) groups is 2. The van der Waals surface area contributed by atoms with Gasteiger partial charge in [-0.2, -0.15) is 0 Å². The van der Waals surface area contributed by atoms with Crippen molar-refractivity contribution in [3.63, 3.8) is 0 Å². The van der Waals surface area contributed by atoms with Crippen LogP contribution in [-0.2, 0) is 24.7 Å². The van der Waals surface area contributed by atoms with Gasteiger partial charge in [0.05, 0.1) is 5.52 Å². The molecule has 1 aliphatic heterocycles. The molecule has 112 valence electrons. The van der Waals surface area contributed by atoms with Crippen molar-refractivity contribution < 1.29 is 19.1 Å². The standard InChI is InChI=1S/C16H14N2O4/c1-9(19)21-13-14(20)16(2,22-15(13)17)11-7-10-5-3-4-6-12(10)18-8-11/h3-8H,17H2,1-2H3. The maximum absolute atomic E-state index is 12.5. The minimum atomic E-state index is -1.36. The Hall–Kier alpha value is -2.89. The Morgan fingerprint density at radius 2 is 2.09 bits per heavy atom. The molecule has 1 aliphatic rings. The molecule has 0 aliphatic carbocycles. The number of rotatable bonds is 2. The van der Waals surface area contributed by atoms with E-state index in [-0.39, 0.29) is 11.6 Å². The lowest BCUT2D eigenvalue weighted by Gasteiger charge is -2.22. The molecule has 2 aromatic rings. The summed E-state index contributed by atoms with van der Waals surface area (Å²) >= 11 is 0. The highest BCUT2D eigenvalue weighted by atomic mass is 16.6. The number of benzene rings is 1. The van der Waals surface area contributed by atoms with Crippen LogP contribution in [0.15, 0.2) is 48.2 Å². The predicted octanol–water partition coefficient (Wildman–Crippen LogP) is 1.74. The first-order chi connectivity index (χ1) is 10.4. The third kappa shape index (κ3) is 2.09. The highest BCUT2D eigenvalue weighted by molar-refractivity contribution is 6.04. The van der Waals surface area contributed by atoms with Crippen molar-refractivity contribution in [2.75, 3.05) is 0 Å². The Kier molecular flexibility index (Phi) is 3.09. The minimum Gasteiger partial charge on any atom is -0.457 e. The molecule has 1 atom stereocenters. The first-order valence-corrected chi connectivity index (χ1v) is 6.69. The zero-order chi connectivity index (χ0) is 15.9. The molecule has 0 spiro atoms. The fourth-order valence-corrected chi connectivity index (χ4v) is 2.40. The fourth-order valence-electron chi connectivity index (χ4n) is 2.40. The lowest BCUT2D eigenvalue weighted by atomic mass is 9.92. The van der Waals surface area contributed by atoms with Crippen LogP contribution < -0.4 is 5.73 Å². The number of fused-ring (bicyclic) bond motifs is 1. The van der Waals surface area contributed by atoms with Gasteiger partial charge in [-0.15, -0.1) is 0 Å². The van der Waals surface area contributed by atoms with E-state index >= 15 is 0 Å². The summed E-state index contributed by atoms with van der Waals surface area (Å²) in [6, 6.07) is 9.33. The SMILES string of the molecule is CC(=O)OC1=C(N)OC(C)(c2cnc3ccccc3c2)C1=O. The van der Waals surface area contributed by atoms with Crippen LogP contribution in [0.4, 0.5) is 0 Å². The summed E-state index contributed by atoms with van der Waals surface area (Å²) in [7, 11) is 0. The lowest BCUT2D eigenvalue weighted by Crippen LogP contribution is -2.32.